The molecule has 1 nitrogen and oxygen atoms in total. The molecule has 2 aliphatic rings. The largest absolute Gasteiger partial charge is 0.382 e. The normalized spacial score (nSPS) is 30.7. The third-order valence-electron chi connectivity index (χ3n) is 4.44. The second-order valence-corrected chi connectivity index (χ2v) is 6.49. The van der Waals surface area contributed by atoms with Gasteiger partial charge in [-0.2, -0.15) is 0 Å². The van der Waals surface area contributed by atoms with Gasteiger partial charge in [0.25, 0.3) is 0 Å². The van der Waals surface area contributed by atoms with E-state index >= 15 is 0 Å². The van der Waals surface area contributed by atoms with Crippen molar-refractivity contribution < 1.29 is 0 Å². The zero-order valence-electron chi connectivity index (χ0n) is 11.1. The molecule has 1 saturated carbocycles. The quantitative estimate of drug-likeness (QED) is 0.634. The van der Waals surface area contributed by atoms with Crippen molar-refractivity contribution in [3.8, 4) is 0 Å². The number of allylic oxidation sites excluding steroid dienone is 2. The van der Waals surface area contributed by atoms with Crippen molar-refractivity contribution in [2.24, 2.45) is 17.8 Å². The molecule has 0 radical (unpaired) electrons. The molecule has 0 saturated heterocycles. The second-order valence-electron chi connectivity index (χ2n) is 5.61. The van der Waals surface area contributed by atoms with Crippen LogP contribution < -0.4 is 5.32 Å². The second kappa shape index (κ2) is 5.00. The van der Waals surface area contributed by atoms with E-state index in [-0.39, 0.29) is 0 Å². The summed E-state index contributed by atoms with van der Waals surface area (Å²) in [5, 5.41) is 3.70. The zero-order chi connectivity index (χ0) is 12.5. The van der Waals surface area contributed by atoms with Crippen LogP contribution in [0, 0.1) is 17.8 Å². The molecule has 96 valence electrons. The molecule has 0 amide bonds. The average molecular weight is 259 g/mol. The Morgan fingerprint density at radius 2 is 2.17 bits per heavy atom. The van der Waals surface area contributed by atoms with Gasteiger partial charge in [-0.3, -0.25) is 0 Å². The van der Waals surface area contributed by atoms with Crippen LogP contribution in [0.4, 0.5) is 5.69 Å². The van der Waals surface area contributed by atoms with Gasteiger partial charge in [-0.1, -0.05) is 18.2 Å². The predicted molar refractivity (Wildman–Crippen MR) is 80.2 cm³/mol. The number of fused-ring (bicyclic) bond motifs is 2. The number of thioether (sulfide) groups is 1. The molecule has 0 aliphatic heterocycles. The Kier molecular flexibility index (Phi) is 3.38. The molecule has 2 aliphatic carbocycles. The smallest absolute Gasteiger partial charge is 0.0353 e. The van der Waals surface area contributed by atoms with Gasteiger partial charge in [-0.15, -0.1) is 11.8 Å². The van der Waals surface area contributed by atoms with E-state index < -0.39 is 0 Å². The molecule has 1 aromatic carbocycles. The Hall–Kier alpha value is -0.890. The Morgan fingerprint density at radius 1 is 1.28 bits per heavy atom. The SMILES string of the molecule is CSc1cccc(NC(C)C2CC3C=CC2C3)c1. The van der Waals surface area contributed by atoms with Gasteiger partial charge in [-0.25, -0.2) is 0 Å². The van der Waals surface area contributed by atoms with Crippen molar-refractivity contribution in [2.75, 3.05) is 11.6 Å². The van der Waals surface area contributed by atoms with Crippen molar-refractivity contribution in [3.63, 3.8) is 0 Å². The van der Waals surface area contributed by atoms with Crippen LogP contribution in [0.25, 0.3) is 0 Å². The van der Waals surface area contributed by atoms with E-state index in [2.05, 4.69) is 54.9 Å². The van der Waals surface area contributed by atoms with Gasteiger partial charge in [0.15, 0.2) is 0 Å². The van der Waals surface area contributed by atoms with Gasteiger partial charge in [0.05, 0.1) is 0 Å². The maximum absolute atomic E-state index is 3.70. The van der Waals surface area contributed by atoms with Crippen molar-refractivity contribution in [3.05, 3.63) is 36.4 Å². The molecular weight excluding hydrogens is 238 g/mol. The maximum Gasteiger partial charge on any atom is 0.0353 e. The lowest BCUT2D eigenvalue weighted by atomic mass is 9.87. The highest BCUT2D eigenvalue weighted by atomic mass is 32.2. The van der Waals surface area contributed by atoms with Crippen molar-refractivity contribution >= 4 is 17.4 Å². The van der Waals surface area contributed by atoms with Crippen molar-refractivity contribution in [2.45, 2.75) is 30.7 Å². The van der Waals surface area contributed by atoms with Crippen LogP contribution in [0.5, 0.6) is 0 Å². The minimum Gasteiger partial charge on any atom is -0.382 e. The first-order chi connectivity index (χ1) is 8.76. The molecule has 4 unspecified atom stereocenters. The molecule has 18 heavy (non-hydrogen) atoms. The summed E-state index contributed by atoms with van der Waals surface area (Å²) in [5.74, 6) is 2.50. The van der Waals surface area contributed by atoms with Crippen LogP contribution >= 0.6 is 11.8 Å². The van der Waals surface area contributed by atoms with Crippen LogP contribution in [0.3, 0.4) is 0 Å². The lowest BCUT2D eigenvalue weighted by molar-refractivity contribution is 0.400. The van der Waals surface area contributed by atoms with E-state index in [0.717, 1.165) is 17.8 Å². The Bertz CT molecular complexity index is 454. The highest BCUT2D eigenvalue weighted by Gasteiger charge is 2.38. The average Bonchev–Trinajstić information content (AvgIpc) is 3.01. The van der Waals surface area contributed by atoms with Crippen LogP contribution in [0.15, 0.2) is 41.3 Å². The van der Waals surface area contributed by atoms with Gasteiger partial charge in [0.2, 0.25) is 0 Å². The van der Waals surface area contributed by atoms with E-state index in [1.54, 1.807) is 11.8 Å². The molecule has 0 heterocycles. The molecule has 3 rings (SSSR count). The van der Waals surface area contributed by atoms with Gasteiger partial charge >= 0.3 is 0 Å². The number of benzene rings is 1. The summed E-state index contributed by atoms with van der Waals surface area (Å²) in [7, 11) is 0. The third kappa shape index (κ3) is 2.31. The van der Waals surface area contributed by atoms with E-state index in [0.29, 0.717) is 6.04 Å². The fourth-order valence-corrected chi connectivity index (χ4v) is 3.94. The first kappa shape index (κ1) is 12.2. The Morgan fingerprint density at radius 3 is 2.83 bits per heavy atom. The maximum atomic E-state index is 3.70. The van der Waals surface area contributed by atoms with Crippen LogP contribution in [0.1, 0.15) is 19.8 Å². The molecule has 1 N–H and O–H groups in total. The number of nitrogens with one attached hydrogen (secondary N) is 1. The summed E-state index contributed by atoms with van der Waals surface area (Å²) < 4.78 is 0. The lowest BCUT2D eigenvalue weighted by Gasteiger charge is -2.27. The monoisotopic (exact) mass is 259 g/mol. The molecule has 0 aromatic heterocycles. The van der Waals surface area contributed by atoms with Crippen molar-refractivity contribution in [1.82, 2.24) is 0 Å². The molecular formula is C16H21NS. The summed E-state index contributed by atoms with van der Waals surface area (Å²) >= 11 is 1.80. The Balaban J connectivity index is 1.67. The first-order valence-electron chi connectivity index (χ1n) is 6.85. The molecule has 4 atom stereocenters. The van der Waals surface area contributed by atoms with Crippen LogP contribution in [0.2, 0.25) is 0 Å². The zero-order valence-corrected chi connectivity index (χ0v) is 11.9. The molecule has 0 spiro atoms. The van der Waals surface area contributed by atoms with Gasteiger partial charge in [-0.05, 0) is 62.0 Å². The highest BCUT2D eigenvalue weighted by molar-refractivity contribution is 7.98. The topological polar surface area (TPSA) is 12.0 Å². The molecule has 1 fully saturated rings. The van der Waals surface area contributed by atoms with Gasteiger partial charge in [0.1, 0.15) is 0 Å². The standard InChI is InChI=1S/C16H21NS/c1-11(16-9-12-6-7-13(16)8-12)17-14-4-3-5-15(10-14)18-2/h3-7,10-13,16-17H,8-9H2,1-2H3. The van der Waals surface area contributed by atoms with Crippen LogP contribution in [-0.4, -0.2) is 12.3 Å². The van der Waals surface area contributed by atoms with Crippen LogP contribution in [-0.2, 0) is 0 Å². The minimum absolute atomic E-state index is 0.571. The number of hydrogen-bond donors (Lipinski definition) is 1. The molecule has 1 aromatic rings. The van der Waals surface area contributed by atoms with E-state index in [4.69, 9.17) is 0 Å². The summed E-state index contributed by atoms with van der Waals surface area (Å²) in [6, 6.07) is 9.31. The third-order valence-corrected chi connectivity index (χ3v) is 5.16. The van der Waals surface area contributed by atoms with Crippen molar-refractivity contribution in [1.29, 1.82) is 0 Å². The van der Waals surface area contributed by atoms with Gasteiger partial charge < -0.3 is 5.32 Å². The molecule has 2 heteroatoms. The summed E-state index contributed by atoms with van der Waals surface area (Å²) in [6.07, 6.45) is 9.75. The molecule has 2 bridgehead atoms. The van der Waals surface area contributed by atoms with Gasteiger partial charge in [0, 0.05) is 16.6 Å². The van der Waals surface area contributed by atoms with E-state index in [1.165, 1.54) is 23.4 Å². The predicted octanol–water partition coefficient (Wildman–Crippen LogP) is 4.42. The first-order valence-corrected chi connectivity index (χ1v) is 8.07. The number of hydrogen-bond acceptors (Lipinski definition) is 2. The Labute approximate surface area is 114 Å². The fourth-order valence-electron chi connectivity index (χ4n) is 3.48. The van der Waals surface area contributed by atoms with E-state index in [9.17, 15) is 0 Å². The minimum atomic E-state index is 0.571. The number of rotatable bonds is 4. The fraction of sp³-hybridized carbons (Fsp3) is 0.500. The summed E-state index contributed by atoms with van der Waals surface area (Å²) in [4.78, 5) is 1.33. The summed E-state index contributed by atoms with van der Waals surface area (Å²) in [5.41, 5.74) is 1.26. The lowest BCUT2D eigenvalue weighted by Crippen LogP contribution is -2.28. The summed E-state index contributed by atoms with van der Waals surface area (Å²) in [6.45, 7) is 2.34. The highest BCUT2D eigenvalue weighted by Crippen LogP contribution is 2.45. The van der Waals surface area contributed by atoms with E-state index in [1.807, 2.05) is 0 Å². The number of anilines is 1.